The number of fused-ring (bicyclic) bond motifs is 1. The fourth-order valence-electron chi connectivity index (χ4n) is 4.31. The Morgan fingerprint density at radius 3 is 2.39 bits per heavy atom. The van der Waals surface area contributed by atoms with E-state index in [1.54, 1.807) is 6.92 Å². The van der Waals surface area contributed by atoms with Crippen LogP contribution in [0.4, 0.5) is 5.00 Å². The van der Waals surface area contributed by atoms with Gasteiger partial charge in [-0.2, -0.15) is 4.31 Å². The van der Waals surface area contributed by atoms with Gasteiger partial charge in [0.25, 0.3) is 5.91 Å². The number of aryl methyl sites for hydroxylation is 1. The Morgan fingerprint density at radius 2 is 1.75 bits per heavy atom. The van der Waals surface area contributed by atoms with Crippen LogP contribution in [0.5, 0.6) is 0 Å². The number of hydrogen-bond acceptors (Lipinski definition) is 6. The maximum Gasteiger partial charge on any atom is 0.341 e. The molecule has 0 spiro atoms. The molecule has 0 saturated heterocycles. The number of carbonyl (C=O) groups excluding carboxylic acids is 2. The third-order valence-electron chi connectivity index (χ3n) is 6.11. The average molecular weight is 527 g/mol. The van der Waals surface area contributed by atoms with Gasteiger partial charge in [0, 0.05) is 23.0 Å². The van der Waals surface area contributed by atoms with E-state index in [0.717, 1.165) is 35.3 Å². The van der Waals surface area contributed by atoms with Crippen molar-refractivity contribution in [1.29, 1.82) is 0 Å². The van der Waals surface area contributed by atoms with E-state index in [1.165, 1.54) is 39.9 Å². The molecular formula is C27H30N2O5S2. The number of rotatable bonds is 9. The highest BCUT2D eigenvalue weighted by Crippen LogP contribution is 2.39. The van der Waals surface area contributed by atoms with Gasteiger partial charge < -0.3 is 10.1 Å². The Hall–Kier alpha value is -3.01. The number of esters is 1. The molecule has 1 aliphatic rings. The van der Waals surface area contributed by atoms with Crippen LogP contribution in [0.2, 0.25) is 0 Å². The molecule has 0 saturated carbocycles. The SMILES string of the molecule is CCOC(=O)c1c(NC(=O)c2ccc(S(=O)(=O)N(Cc3ccccc3)C(C)C)cc2)sc2c1CCC2. The maximum atomic E-state index is 13.4. The minimum absolute atomic E-state index is 0.117. The number of ether oxygens (including phenoxy) is 1. The van der Waals surface area contributed by atoms with E-state index >= 15 is 0 Å². The Balaban J connectivity index is 1.54. The number of thiophene rings is 1. The summed E-state index contributed by atoms with van der Waals surface area (Å²) >= 11 is 1.41. The van der Waals surface area contributed by atoms with E-state index in [4.69, 9.17) is 4.74 Å². The van der Waals surface area contributed by atoms with E-state index < -0.39 is 21.9 Å². The molecule has 36 heavy (non-hydrogen) atoms. The molecule has 1 aliphatic carbocycles. The first kappa shape index (κ1) is 26.1. The number of carbonyl (C=O) groups is 2. The van der Waals surface area contributed by atoms with E-state index in [-0.39, 0.29) is 24.1 Å². The molecule has 1 N–H and O–H groups in total. The van der Waals surface area contributed by atoms with Crippen molar-refractivity contribution in [3.8, 4) is 0 Å². The molecule has 190 valence electrons. The van der Waals surface area contributed by atoms with Crippen LogP contribution in [0.1, 0.15) is 63.9 Å². The van der Waals surface area contributed by atoms with E-state index in [1.807, 2.05) is 44.2 Å². The molecule has 1 amide bonds. The Bertz CT molecular complexity index is 1350. The second-order valence-corrected chi connectivity index (χ2v) is 11.9. The number of anilines is 1. The lowest BCUT2D eigenvalue weighted by atomic mass is 10.1. The molecule has 4 rings (SSSR count). The average Bonchev–Trinajstić information content (AvgIpc) is 3.44. The summed E-state index contributed by atoms with van der Waals surface area (Å²) in [5.41, 5.74) is 2.60. The molecule has 0 aliphatic heterocycles. The Morgan fingerprint density at radius 1 is 1.06 bits per heavy atom. The van der Waals surface area contributed by atoms with E-state index in [2.05, 4.69) is 5.32 Å². The number of amides is 1. The summed E-state index contributed by atoms with van der Waals surface area (Å²) < 4.78 is 33.4. The zero-order valence-corrected chi connectivity index (χ0v) is 22.2. The molecule has 3 aromatic rings. The summed E-state index contributed by atoms with van der Waals surface area (Å²) in [6.07, 6.45) is 2.65. The molecular weight excluding hydrogens is 496 g/mol. The zero-order chi connectivity index (χ0) is 25.9. The lowest BCUT2D eigenvalue weighted by molar-refractivity contribution is 0.0527. The van der Waals surface area contributed by atoms with Gasteiger partial charge in [-0.3, -0.25) is 4.79 Å². The number of nitrogens with one attached hydrogen (secondary N) is 1. The normalized spacial score (nSPS) is 13.1. The predicted octanol–water partition coefficient (Wildman–Crippen LogP) is 5.27. The third-order valence-corrected chi connectivity index (χ3v) is 9.35. The van der Waals surface area contributed by atoms with Crippen molar-refractivity contribution in [3.63, 3.8) is 0 Å². The van der Waals surface area contributed by atoms with Gasteiger partial charge in [0.1, 0.15) is 5.00 Å². The maximum absolute atomic E-state index is 13.4. The van der Waals surface area contributed by atoms with Gasteiger partial charge in [0.05, 0.1) is 17.1 Å². The largest absolute Gasteiger partial charge is 0.462 e. The van der Waals surface area contributed by atoms with Crippen molar-refractivity contribution >= 4 is 38.2 Å². The number of benzene rings is 2. The van der Waals surface area contributed by atoms with Crippen molar-refractivity contribution in [2.75, 3.05) is 11.9 Å². The molecule has 1 aromatic heterocycles. The summed E-state index contributed by atoms with van der Waals surface area (Å²) in [5.74, 6) is -0.838. The molecule has 7 nitrogen and oxygen atoms in total. The van der Waals surface area contributed by atoms with Crippen LogP contribution < -0.4 is 5.32 Å². The van der Waals surface area contributed by atoms with Gasteiger partial charge in [-0.05, 0) is 75.4 Å². The lowest BCUT2D eigenvalue weighted by Gasteiger charge is -2.26. The van der Waals surface area contributed by atoms with Crippen molar-refractivity contribution in [2.45, 2.75) is 57.5 Å². The second-order valence-electron chi connectivity index (χ2n) is 8.89. The lowest BCUT2D eigenvalue weighted by Crippen LogP contribution is -2.36. The highest BCUT2D eigenvalue weighted by molar-refractivity contribution is 7.89. The van der Waals surface area contributed by atoms with Crippen LogP contribution >= 0.6 is 11.3 Å². The fraction of sp³-hybridized carbons (Fsp3) is 0.333. The number of sulfonamides is 1. The number of nitrogens with zero attached hydrogens (tertiary/aromatic N) is 1. The van der Waals surface area contributed by atoms with Crippen molar-refractivity contribution < 1.29 is 22.7 Å². The van der Waals surface area contributed by atoms with Crippen LogP contribution in [0, 0.1) is 0 Å². The summed E-state index contributed by atoms with van der Waals surface area (Å²) in [4.78, 5) is 26.8. The van der Waals surface area contributed by atoms with E-state index in [9.17, 15) is 18.0 Å². The smallest absolute Gasteiger partial charge is 0.341 e. The van der Waals surface area contributed by atoms with Crippen molar-refractivity contribution in [3.05, 3.63) is 81.7 Å². The second kappa shape index (κ2) is 10.9. The van der Waals surface area contributed by atoms with Gasteiger partial charge in [-0.1, -0.05) is 30.3 Å². The minimum atomic E-state index is -3.78. The first-order chi connectivity index (χ1) is 17.2. The van der Waals surface area contributed by atoms with Gasteiger partial charge in [0.2, 0.25) is 10.0 Å². The monoisotopic (exact) mass is 526 g/mol. The quantitative estimate of drug-likeness (QED) is 0.384. The summed E-state index contributed by atoms with van der Waals surface area (Å²) in [6.45, 7) is 5.93. The van der Waals surface area contributed by atoms with Gasteiger partial charge in [-0.25, -0.2) is 13.2 Å². The molecule has 1 heterocycles. The summed E-state index contributed by atoms with van der Waals surface area (Å²) in [5, 5.41) is 3.33. The van der Waals surface area contributed by atoms with Gasteiger partial charge in [-0.15, -0.1) is 11.3 Å². The highest BCUT2D eigenvalue weighted by atomic mass is 32.2. The molecule has 2 aromatic carbocycles. The standard InChI is InChI=1S/C27H30N2O5S2/c1-4-34-27(31)24-22-11-8-12-23(22)35-26(24)28-25(30)20-13-15-21(16-14-20)36(32,33)29(18(2)3)17-19-9-6-5-7-10-19/h5-7,9-10,13-16,18H,4,8,11-12,17H2,1-3H3,(H,28,30). The summed E-state index contributed by atoms with van der Waals surface area (Å²) in [6, 6.07) is 15.1. The Kier molecular flexibility index (Phi) is 7.92. The van der Waals surface area contributed by atoms with Gasteiger partial charge >= 0.3 is 5.97 Å². The van der Waals surface area contributed by atoms with Crippen molar-refractivity contribution in [2.24, 2.45) is 0 Å². The van der Waals surface area contributed by atoms with Crippen LogP contribution in [0.15, 0.2) is 59.5 Å². The van der Waals surface area contributed by atoms with E-state index in [0.29, 0.717) is 16.1 Å². The third kappa shape index (κ3) is 5.38. The first-order valence-electron chi connectivity index (χ1n) is 12.0. The molecule has 9 heteroatoms. The molecule has 0 bridgehead atoms. The van der Waals surface area contributed by atoms with Gasteiger partial charge in [0.15, 0.2) is 0 Å². The van der Waals surface area contributed by atoms with Crippen LogP contribution in [0.25, 0.3) is 0 Å². The molecule has 0 radical (unpaired) electrons. The minimum Gasteiger partial charge on any atom is -0.462 e. The first-order valence-corrected chi connectivity index (χ1v) is 14.3. The van der Waals surface area contributed by atoms with Crippen LogP contribution in [-0.2, 0) is 34.1 Å². The molecule has 0 atom stereocenters. The molecule has 0 unspecified atom stereocenters. The fourth-order valence-corrected chi connectivity index (χ4v) is 7.21. The van der Waals surface area contributed by atoms with Crippen LogP contribution in [0.3, 0.4) is 0 Å². The molecule has 0 fully saturated rings. The van der Waals surface area contributed by atoms with Crippen LogP contribution in [-0.4, -0.2) is 37.2 Å². The number of hydrogen-bond donors (Lipinski definition) is 1. The topological polar surface area (TPSA) is 92.8 Å². The zero-order valence-electron chi connectivity index (χ0n) is 20.6. The highest BCUT2D eigenvalue weighted by Gasteiger charge is 2.29. The van der Waals surface area contributed by atoms with Crippen molar-refractivity contribution in [1.82, 2.24) is 4.31 Å². The predicted molar refractivity (Wildman–Crippen MR) is 141 cm³/mol. The Labute approximate surface area is 216 Å². The summed E-state index contributed by atoms with van der Waals surface area (Å²) in [7, 11) is -3.78.